The summed E-state index contributed by atoms with van der Waals surface area (Å²) in [5, 5.41) is 11.0. The van der Waals surface area contributed by atoms with Crippen LogP contribution in [0.2, 0.25) is 0 Å². The molecule has 0 aliphatic carbocycles. The number of hydrogen-bond acceptors (Lipinski definition) is 7. The van der Waals surface area contributed by atoms with Gasteiger partial charge in [-0.2, -0.15) is 0 Å². The molecule has 1 aromatic carbocycles. The molecule has 0 spiro atoms. The Morgan fingerprint density at radius 2 is 2.10 bits per heavy atom. The molecule has 2 rings (SSSR count). The van der Waals surface area contributed by atoms with Crippen LogP contribution < -0.4 is 16.0 Å². The van der Waals surface area contributed by atoms with Crippen LogP contribution in [0.5, 0.6) is 11.6 Å². The van der Waals surface area contributed by atoms with Gasteiger partial charge in [0.15, 0.2) is 0 Å². The molecule has 0 radical (unpaired) electrons. The molecular weight excluding hydrogens is 262 g/mol. The van der Waals surface area contributed by atoms with Crippen LogP contribution in [0.4, 0.5) is 11.5 Å². The number of aromatic nitrogens is 2. The summed E-state index contributed by atoms with van der Waals surface area (Å²) < 4.78 is 5.59. The minimum absolute atomic E-state index is 0.120. The van der Waals surface area contributed by atoms with Crippen molar-refractivity contribution in [1.82, 2.24) is 9.97 Å². The number of nitrogens with two attached hydrogens (primary N) is 1. The number of ether oxygens (including phenoxy) is 1. The summed E-state index contributed by atoms with van der Waals surface area (Å²) in [6.07, 6.45) is 1.27. The average Bonchev–Trinajstić information content (AvgIpc) is 2.42. The number of nitrogens with one attached hydrogen (secondary N) is 1. The van der Waals surface area contributed by atoms with Crippen molar-refractivity contribution in [2.45, 2.75) is 13.8 Å². The second-order valence-electron chi connectivity index (χ2n) is 4.08. The topological polar surface area (TPSA) is 116 Å². The van der Waals surface area contributed by atoms with E-state index in [-0.39, 0.29) is 17.3 Å². The maximum atomic E-state index is 11.0. The zero-order valence-corrected chi connectivity index (χ0v) is 11.0. The first-order chi connectivity index (χ1) is 9.54. The lowest BCUT2D eigenvalue weighted by atomic mass is 10.2. The monoisotopic (exact) mass is 275 g/mol. The summed E-state index contributed by atoms with van der Waals surface area (Å²) in [5.74, 6) is 6.08. The molecule has 20 heavy (non-hydrogen) atoms. The van der Waals surface area contributed by atoms with E-state index < -0.39 is 4.92 Å². The summed E-state index contributed by atoms with van der Waals surface area (Å²) >= 11 is 0. The maximum Gasteiger partial charge on any atom is 0.311 e. The van der Waals surface area contributed by atoms with Crippen LogP contribution in [0, 0.1) is 24.0 Å². The first kappa shape index (κ1) is 13.7. The van der Waals surface area contributed by atoms with Crippen molar-refractivity contribution in [2.75, 3.05) is 5.43 Å². The molecule has 8 nitrogen and oxygen atoms in total. The number of hydrogen-bond donors (Lipinski definition) is 2. The van der Waals surface area contributed by atoms with Gasteiger partial charge in [-0.15, -0.1) is 0 Å². The van der Waals surface area contributed by atoms with Gasteiger partial charge in [0, 0.05) is 6.07 Å². The molecule has 0 aliphatic rings. The van der Waals surface area contributed by atoms with Gasteiger partial charge in [-0.3, -0.25) is 10.1 Å². The highest BCUT2D eigenvalue weighted by Crippen LogP contribution is 2.35. The minimum Gasteiger partial charge on any atom is -0.431 e. The highest BCUT2D eigenvalue weighted by atomic mass is 16.6. The summed E-state index contributed by atoms with van der Waals surface area (Å²) in [7, 11) is 0. The van der Waals surface area contributed by atoms with E-state index in [1.165, 1.54) is 12.4 Å². The van der Waals surface area contributed by atoms with E-state index in [4.69, 9.17) is 10.6 Å². The number of para-hydroxylation sites is 1. The molecule has 0 unspecified atom stereocenters. The molecule has 1 heterocycles. The van der Waals surface area contributed by atoms with Gasteiger partial charge in [0.05, 0.1) is 10.5 Å². The highest BCUT2D eigenvalue weighted by Gasteiger charge is 2.19. The van der Waals surface area contributed by atoms with Gasteiger partial charge < -0.3 is 10.2 Å². The van der Waals surface area contributed by atoms with Crippen molar-refractivity contribution in [3.05, 3.63) is 45.8 Å². The molecule has 0 saturated heterocycles. The number of nitro benzene ring substituents is 1. The summed E-state index contributed by atoms with van der Waals surface area (Å²) in [6.45, 7) is 3.43. The Labute approximate surface area is 114 Å². The van der Waals surface area contributed by atoms with Crippen LogP contribution in [0.3, 0.4) is 0 Å². The quantitative estimate of drug-likeness (QED) is 0.498. The summed E-state index contributed by atoms with van der Waals surface area (Å²) in [4.78, 5) is 18.4. The summed E-state index contributed by atoms with van der Waals surface area (Å²) in [5.41, 5.74) is 3.49. The molecule has 0 saturated carbocycles. The largest absolute Gasteiger partial charge is 0.431 e. The van der Waals surface area contributed by atoms with Crippen LogP contribution in [-0.2, 0) is 0 Å². The van der Waals surface area contributed by atoms with Crippen LogP contribution in [0.1, 0.15) is 11.1 Å². The Morgan fingerprint density at radius 1 is 1.35 bits per heavy atom. The molecule has 0 bridgehead atoms. The Bertz CT molecular complexity index is 660. The van der Waals surface area contributed by atoms with E-state index >= 15 is 0 Å². The normalized spacial score (nSPS) is 10.2. The van der Waals surface area contributed by atoms with E-state index in [0.717, 1.165) is 0 Å². The molecule has 104 valence electrons. The van der Waals surface area contributed by atoms with Crippen molar-refractivity contribution in [2.24, 2.45) is 5.84 Å². The number of nitrogens with zero attached hydrogens (tertiary/aromatic N) is 3. The Hall–Kier alpha value is -2.74. The van der Waals surface area contributed by atoms with Gasteiger partial charge in [-0.25, -0.2) is 15.8 Å². The number of nitrogen functional groups attached to an aromatic ring is 1. The van der Waals surface area contributed by atoms with E-state index in [0.29, 0.717) is 16.9 Å². The SMILES string of the molecule is Cc1cccc([N+](=O)[O-])c1Oc1ncnc(NN)c1C. The number of hydrazine groups is 1. The number of rotatable bonds is 4. The molecule has 0 atom stereocenters. The Kier molecular flexibility index (Phi) is 3.76. The fourth-order valence-corrected chi connectivity index (χ4v) is 1.69. The van der Waals surface area contributed by atoms with Gasteiger partial charge in [-0.05, 0) is 19.4 Å². The lowest BCUT2D eigenvalue weighted by Crippen LogP contribution is -2.11. The van der Waals surface area contributed by atoms with Gasteiger partial charge in [0.25, 0.3) is 0 Å². The van der Waals surface area contributed by atoms with Crippen molar-refractivity contribution in [3.63, 3.8) is 0 Å². The minimum atomic E-state index is -0.499. The third-order valence-corrected chi connectivity index (χ3v) is 2.76. The molecule has 0 fully saturated rings. The van der Waals surface area contributed by atoms with Gasteiger partial charge in [0.1, 0.15) is 12.1 Å². The molecule has 3 N–H and O–H groups in total. The smallest absolute Gasteiger partial charge is 0.311 e. The van der Waals surface area contributed by atoms with E-state index in [1.54, 1.807) is 26.0 Å². The van der Waals surface area contributed by atoms with E-state index in [9.17, 15) is 10.1 Å². The van der Waals surface area contributed by atoms with Gasteiger partial charge in [-0.1, -0.05) is 12.1 Å². The molecule has 1 aromatic heterocycles. The van der Waals surface area contributed by atoms with Crippen molar-refractivity contribution >= 4 is 11.5 Å². The second kappa shape index (κ2) is 5.49. The first-order valence-corrected chi connectivity index (χ1v) is 5.74. The number of aryl methyl sites for hydroxylation is 1. The van der Waals surface area contributed by atoms with E-state index in [2.05, 4.69) is 15.4 Å². The van der Waals surface area contributed by atoms with E-state index in [1.807, 2.05) is 0 Å². The average molecular weight is 275 g/mol. The zero-order valence-electron chi connectivity index (χ0n) is 11.0. The number of benzene rings is 1. The highest BCUT2D eigenvalue weighted by molar-refractivity contribution is 5.54. The molecular formula is C12H13N5O3. The van der Waals surface area contributed by atoms with Crippen molar-refractivity contribution in [1.29, 1.82) is 0 Å². The molecule has 8 heteroatoms. The standard InChI is InChI=1S/C12H13N5O3/c1-7-4-3-5-9(17(18)19)10(7)20-12-8(2)11(16-13)14-6-15-12/h3-6H,13H2,1-2H3,(H,14,15,16). The Morgan fingerprint density at radius 3 is 2.75 bits per heavy atom. The molecule has 0 aliphatic heterocycles. The predicted octanol–water partition coefficient (Wildman–Crippen LogP) is 2.08. The van der Waals surface area contributed by atoms with Crippen LogP contribution in [-0.4, -0.2) is 14.9 Å². The fraction of sp³-hybridized carbons (Fsp3) is 0.167. The van der Waals surface area contributed by atoms with Gasteiger partial charge >= 0.3 is 5.69 Å². The maximum absolute atomic E-state index is 11.0. The number of anilines is 1. The van der Waals surface area contributed by atoms with Crippen LogP contribution in [0.15, 0.2) is 24.5 Å². The number of nitro groups is 1. The predicted molar refractivity (Wildman–Crippen MR) is 72.5 cm³/mol. The van der Waals surface area contributed by atoms with Crippen molar-refractivity contribution < 1.29 is 9.66 Å². The molecule has 0 amide bonds. The van der Waals surface area contributed by atoms with Gasteiger partial charge in [0.2, 0.25) is 11.6 Å². The fourth-order valence-electron chi connectivity index (χ4n) is 1.69. The lowest BCUT2D eigenvalue weighted by Gasteiger charge is -2.11. The van der Waals surface area contributed by atoms with Crippen LogP contribution in [0.25, 0.3) is 0 Å². The van der Waals surface area contributed by atoms with Crippen LogP contribution >= 0.6 is 0 Å². The lowest BCUT2D eigenvalue weighted by molar-refractivity contribution is -0.385. The summed E-state index contributed by atoms with van der Waals surface area (Å²) in [6, 6.07) is 4.70. The molecule has 2 aromatic rings. The zero-order chi connectivity index (χ0) is 14.7. The third-order valence-electron chi connectivity index (χ3n) is 2.76. The Balaban J connectivity index is 2.48. The third kappa shape index (κ3) is 2.50. The second-order valence-corrected chi connectivity index (χ2v) is 4.08. The van der Waals surface area contributed by atoms with Crippen molar-refractivity contribution in [3.8, 4) is 11.6 Å². The first-order valence-electron chi connectivity index (χ1n) is 5.74.